The van der Waals surface area contributed by atoms with Crippen LogP contribution in [-0.4, -0.2) is 16.8 Å². The summed E-state index contributed by atoms with van der Waals surface area (Å²) in [5.74, 6) is -2.20. The number of rotatable bonds is 5. The number of anilines is 3. The smallest absolute Gasteiger partial charge is 0.229 e. The molecule has 5 nitrogen and oxygen atoms in total. The molecule has 154 valence electrons. The van der Waals surface area contributed by atoms with Crippen molar-refractivity contribution in [3.63, 3.8) is 0 Å². The lowest BCUT2D eigenvalue weighted by Gasteiger charge is -2.21. The minimum Gasteiger partial charge on any atom is -0.326 e. The Bertz CT molecular complexity index is 1100. The lowest BCUT2D eigenvalue weighted by molar-refractivity contribution is -0.116. The zero-order chi connectivity index (χ0) is 21.8. The Hall–Kier alpha value is -3.61. The van der Waals surface area contributed by atoms with E-state index in [1.165, 1.54) is 19.2 Å². The number of hydrogen-bond donors (Lipinski definition) is 1. The first-order chi connectivity index (χ1) is 14.2. The highest BCUT2D eigenvalue weighted by Gasteiger charge is 2.18. The average molecular weight is 409 g/mol. The van der Waals surface area contributed by atoms with Crippen molar-refractivity contribution in [2.24, 2.45) is 0 Å². The molecule has 0 aliphatic heterocycles. The van der Waals surface area contributed by atoms with E-state index in [-0.39, 0.29) is 23.8 Å². The summed E-state index contributed by atoms with van der Waals surface area (Å²) in [5.41, 5.74) is 3.50. The fourth-order valence-electron chi connectivity index (χ4n) is 3.14. The van der Waals surface area contributed by atoms with Gasteiger partial charge < -0.3 is 5.32 Å². The Morgan fingerprint density at radius 3 is 2.40 bits per heavy atom. The predicted molar refractivity (Wildman–Crippen MR) is 112 cm³/mol. The number of aryl methyl sites for hydroxylation is 1. The summed E-state index contributed by atoms with van der Waals surface area (Å²) in [5, 5.41) is 2.78. The van der Waals surface area contributed by atoms with Crippen LogP contribution in [0.5, 0.6) is 0 Å². The molecule has 0 saturated carbocycles. The van der Waals surface area contributed by atoms with Gasteiger partial charge in [0.15, 0.2) is 0 Å². The van der Waals surface area contributed by atoms with E-state index in [9.17, 15) is 18.4 Å². The monoisotopic (exact) mass is 409 g/mol. The van der Waals surface area contributed by atoms with Gasteiger partial charge in [-0.05, 0) is 48.7 Å². The summed E-state index contributed by atoms with van der Waals surface area (Å²) in [6, 6.07) is 11.6. The molecule has 0 saturated heterocycles. The van der Waals surface area contributed by atoms with E-state index in [2.05, 4.69) is 10.3 Å². The van der Waals surface area contributed by atoms with E-state index in [1.54, 1.807) is 6.07 Å². The van der Waals surface area contributed by atoms with E-state index in [1.807, 2.05) is 32.0 Å². The van der Waals surface area contributed by atoms with Gasteiger partial charge in [-0.25, -0.2) is 13.8 Å². The van der Waals surface area contributed by atoms with Crippen LogP contribution in [0.4, 0.5) is 26.0 Å². The summed E-state index contributed by atoms with van der Waals surface area (Å²) in [4.78, 5) is 29.9. The third kappa shape index (κ3) is 4.86. The number of amides is 2. The zero-order valence-corrected chi connectivity index (χ0v) is 16.9. The van der Waals surface area contributed by atoms with E-state index >= 15 is 0 Å². The molecule has 0 aliphatic carbocycles. The van der Waals surface area contributed by atoms with Crippen molar-refractivity contribution in [3.8, 4) is 0 Å². The highest BCUT2D eigenvalue weighted by molar-refractivity contribution is 5.99. The van der Waals surface area contributed by atoms with Crippen LogP contribution in [0.3, 0.4) is 0 Å². The second-order valence-corrected chi connectivity index (χ2v) is 6.97. The maximum atomic E-state index is 13.6. The molecule has 0 aliphatic rings. The molecule has 1 aromatic heterocycles. The molecule has 3 rings (SSSR count). The first kappa shape index (κ1) is 21.1. The number of carbonyl (C=O) groups is 2. The van der Waals surface area contributed by atoms with Crippen molar-refractivity contribution in [3.05, 3.63) is 83.1 Å². The Labute approximate surface area is 173 Å². The highest BCUT2D eigenvalue weighted by Crippen LogP contribution is 2.27. The van der Waals surface area contributed by atoms with Gasteiger partial charge in [-0.1, -0.05) is 18.2 Å². The number of aromatic nitrogens is 1. The Morgan fingerprint density at radius 1 is 1.03 bits per heavy atom. The van der Waals surface area contributed by atoms with Gasteiger partial charge in [0, 0.05) is 30.9 Å². The van der Waals surface area contributed by atoms with Gasteiger partial charge in [0.1, 0.15) is 17.5 Å². The third-order valence-corrected chi connectivity index (χ3v) is 4.75. The van der Waals surface area contributed by atoms with Gasteiger partial charge in [0.2, 0.25) is 11.8 Å². The Balaban J connectivity index is 1.84. The van der Waals surface area contributed by atoms with Crippen LogP contribution in [-0.2, 0) is 16.0 Å². The van der Waals surface area contributed by atoms with Crippen molar-refractivity contribution in [2.75, 3.05) is 10.2 Å². The minimum absolute atomic E-state index is 0.00589. The van der Waals surface area contributed by atoms with Crippen LogP contribution < -0.4 is 10.2 Å². The molecule has 0 spiro atoms. The third-order valence-electron chi connectivity index (χ3n) is 4.75. The van der Waals surface area contributed by atoms with E-state index in [0.29, 0.717) is 5.69 Å². The van der Waals surface area contributed by atoms with E-state index in [0.717, 1.165) is 39.8 Å². The number of carbonyl (C=O) groups excluding carboxylic acids is 2. The maximum absolute atomic E-state index is 13.6. The molecular formula is C23H21F2N3O2. The predicted octanol–water partition coefficient (Wildman–Crippen LogP) is 4.84. The first-order valence-corrected chi connectivity index (χ1v) is 9.32. The Morgan fingerprint density at radius 2 is 1.73 bits per heavy atom. The van der Waals surface area contributed by atoms with Crippen LogP contribution >= 0.6 is 0 Å². The molecule has 3 aromatic rings. The van der Waals surface area contributed by atoms with Crippen LogP contribution in [0.25, 0.3) is 0 Å². The van der Waals surface area contributed by atoms with Crippen LogP contribution in [0.1, 0.15) is 23.6 Å². The quantitative estimate of drug-likeness (QED) is 0.656. The molecule has 0 bridgehead atoms. The molecule has 30 heavy (non-hydrogen) atoms. The van der Waals surface area contributed by atoms with Gasteiger partial charge in [-0.2, -0.15) is 0 Å². The SMILES string of the molecule is CC(=O)N(c1cc(F)cc(F)c1)c1cc(NC(=O)Cc2cccc(C)c2C)ccn1. The number of nitrogens with zero attached hydrogens (tertiary/aromatic N) is 2. The van der Waals surface area contributed by atoms with Crippen molar-refractivity contribution in [2.45, 2.75) is 27.2 Å². The van der Waals surface area contributed by atoms with Crippen molar-refractivity contribution < 1.29 is 18.4 Å². The van der Waals surface area contributed by atoms with Crippen LogP contribution in [0, 0.1) is 25.5 Å². The van der Waals surface area contributed by atoms with E-state index < -0.39 is 17.5 Å². The van der Waals surface area contributed by atoms with Crippen LogP contribution in [0.15, 0.2) is 54.7 Å². The number of benzene rings is 2. The van der Waals surface area contributed by atoms with Crippen molar-refractivity contribution in [1.82, 2.24) is 4.98 Å². The maximum Gasteiger partial charge on any atom is 0.229 e. The van der Waals surface area contributed by atoms with Crippen LogP contribution in [0.2, 0.25) is 0 Å². The fourth-order valence-corrected chi connectivity index (χ4v) is 3.14. The summed E-state index contributed by atoms with van der Waals surface area (Å²) >= 11 is 0. The number of hydrogen-bond acceptors (Lipinski definition) is 3. The summed E-state index contributed by atoms with van der Waals surface area (Å²) < 4.78 is 27.3. The molecule has 0 unspecified atom stereocenters. The highest BCUT2D eigenvalue weighted by atomic mass is 19.1. The molecule has 2 aromatic carbocycles. The Kier molecular flexibility index (Phi) is 6.20. The minimum atomic E-state index is -0.811. The van der Waals surface area contributed by atoms with Gasteiger partial charge in [0.25, 0.3) is 0 Å². The van der Waals surface area contributed by atoms with Gasteiger partial charge in [0.05, 0.1) is 12.1 Å². The van der Waals surface area contributed by atoms with Gasteiger partial charge in [-0.3, -0.25) is 14.5 Å². The molecule has 0 radical (unpaired) electrons. The van der Waals surface area contributed by atoms with Crippen molar-refractivity contribution >= 4 is 29.0 Å². The van der Waals surface area contributed by atoms with Crippen molar-refractivity contribution in [1.29, 1.82) is 0 Å². The lowest BCUT2D eigenvalue weighted by atomic mass is 10.0. The van der Waals surface area contributed by atoms with Gasteiger partial charge >= 0.3 is 0 Å². The standard InChI is InChI=1S/C23H21F2N3O2/c1-14-5-4-6-17(15(14)2)9-23(30)27-20-7-8-26-22(13-20)28(16(3)29)21-11-18(24)10-19(25)12-21/h4-8,10-13H,9H2,1-3H3,(H,26,27,30). The molecular weight excluding hydrogens is 388 g/mol. The lowest BCUT2D eigenvalue weighted by Crippen LogP contribution is -2.24. The molecule has 7 heteroatoms. The molecule has 2 amide bonds. The fraction of sp³-hybridized carbons (Fsp3) is 0.174. The number of halogens is 2. The summed E-state index contributed by atoms with van der Waals surface area (Å²) in [7, 11) is 0. The largest absolute Gasteiger partial charge is 0.326 e. The zero-order valence-electron chi connectivity index (χ0n) is 16.9. The number of nitrogens with one attached hydrogen (secondary N) is 1. The first-order valence-electron chi connectivity index (χ1n) is 9.32. The molecule has 1 N–H and O–H groups in total. The molecule has 0 fully saturated rings. The number of pyridine rings is 1. The topological polar surface area (TPSA) is 62.3 Å². The molecule has 1 heterocycles. The normalized spacial score (nSPS) is 10.6. The molecule has 0 atom stereocenters. The summed E-state index contributed by atoms with van der Waals surface area (Å²) in [6.07, 6.45) is 1.60. The second kappa shape index (κ2) is 8.82. The summed E-state index contributed by atoms with van der Waals surface area (Å²) in [6.45, 7) is 5.21. The second-order valence-electron chi connectivity index (χ2n) is 6.97. The van der Waals surface area contributed by atoms with E-state index in [4.69, 9.17) is 0 Å². The average Bonchev–Trinajstić information content (AvgIpc) is 2.65. The van der Waals surface area contributed by atoms with Gasteiger partial charge in [-0.15, -0.1) is 0 Å².